The number of rotatable bonds is 6. The highest BCUT2D eigenvalue weighted by Gasteiger charge is 2.19. The van der Waals surface area contributed by atoms with Crippen LogP contribution in [-0.2, 0) is 0 Å². The third kappa shape index (κ3) is 3.16. The summed E-state index contributed by atoms with van der Waals surface area (Å²) in [6, 6.07) is 9.68. The molecule has 20 heavy (non-hydrogen) atoms. The molecule has 2 aromatic rings. The van der Waals surface area contributed by atoms with Crippen LogP contribution in [0, 0.1) is 10.1 Å². The number of hydrogen-bond donors (Lipinski definition) is 0. The van der Waals surface area contributed by atoms with Crippen molar-refractivity contribution in [2.45, 2.75) is 19.4 Å². The van der Waals surface area contributed by atoms with Gasteiger partial charge >= 0.3 is 0 Å². The fraction of sp³-hybridized carbons (Fsp3) is 0.286. The largest absolute Gasteiger partial charge is 0.468 e. The Morgan fingerprint density at radius 2 is 2.05 bits per heavy atom. The van der Waals surface area contributed by atoms with Crippen LogP contribution < -0.4 is 4.84 Å². The lowest BCUT2D eigenvalue weighted by Crippen LogP contribution is -2.27. The minimum absolute atomic E-state index is 0.0137. The summed E-state index contributed by atoms with van der Waals surface area (Å²) in [4.78, 5) is 15.8. The van der Waals surface area contributed by atoms with Crippen LogP contribution in [-0.4, -0.2) is 17.0 Å². The monoisotopic (exact) mass is 276 g/mol. The second-order valence-electron chi connectivity index (χ2n) is 4.33. The molecule has 0 saturated heterocycles. The van der Waals surface area contributed by atoms with Crippen LogP contribution in [0.1, 0.15) is 25.1 Å². The molecular weight excluding hydrogens is 260 g/mol. The van der Waals surface area contributed by atoms with Crippen LogP contribution in [0.15, 0.2) is 47.1 Å². The standard InChI is InChI=1S/C14H16N2O4/c1-3-13(14-5-4-10-19-14)15(2)20-12-8-6-11(7-9-12)16(17)18/h4-10,13H,3H2,1-2H3. The number of hydroxylamine groups is 2. The molecular formula is C14H16N2O4. The molecule has 0 spiro atoms. The zero-order valence-corrected chi connectivity index (χ0v) is 11.4. The second kappa shape index (κ2) is 6.21. The van der Waals surface area contributed by atoms with Gasteiger partial charge in [-0.3, -0.25) is 10.1 Å². The van der Waals surface area contributed by atoms with E-state index in [1.54, 1.807) is 30.5 Å². The molecule has 1 unspecified atom stereocenters. The van der Waals surface area contributed by atoms with Gasteiger partial charge in [0.2, 0.25) is 0 Å². The molecule has 0 saturated carbocycles. The van der Waals surface area contributed by atoms with Gasteiger partial charge in [-0.2, -0.15) is 0 Å². The van der Waals surface area contributed by atoms with Crippen molar-refractivity contribution in [1.82, 2.24) is 5.06 Å². The van der Waals surface area contributed by atoms with Crippen molar-refractivity contribution in [3.63, 3.8) is 0 Å². The number of nitro groups is 1. The van der Waals surface area contributed by atoms with Gasteiger partial charge < -0.3 is 9.25 Å². The topological polar surface area (TPSA) is 68.8 Å². The Morgan fingerprint density at radius 1 is 1.35 bits per heavy atom. The predicted molar refractivity (Wildman–Crippen MR) is 73.2 cm³/mol. The average Bonchev–Trinajstić information content (AvgIpc) is 2.94. The van der Waals surface area contributed by atoms with Crippen molar-refractivity contribution in [2.24, 2.45) is 0 Å². The normalized spacial score (nSPS) is 12.3. The SMILES string of the molecule is CCC(c1ccco1)N(C)Oc1ccc([N+](=O)[O-])cc1. The van der Waals surface area contributed by atoms with Crippen LogP contribution in [0.5, 0.6) is 5.75 Å². The van der Waals surface area contributed by atoms with Gasteiger partial charge in [-0.05, 0) is 30.7 Å². The number of non-ortho nitro benzene ring substituents is 1. The fourth-order valence-corrected chi connectivity index (χ4v) is 1.98. The van der Waals surface area contributed by atoms with E-state index >= 15 is 0 Å². The van der Waals surface area contributed by atoms with Gasteiger partial charge in [-0.15, -0.1) is 5.06 Å². The summed E-state index contributed by atoms with van der Waals surface area (Å²) in [7, 11) is 1.80. The second-order valence-corrected chi connectivity index (χ2v) is 4.33. The van der Waals surface area contributed by atoms with E-state index < -0.39 is 4.92 Å². The third-order valence-electron chi connectivity index (χ3n) is 2.99. The first-order chi connectivity index (χ1) is 9.61. The summed E-state index contributed by atoms with van der Waals surface area (Å²) >= 11 is 0. The van der Waals surface area contributed by atoms with E-state index in [1.807, 2.05) is 19.1 Å². The molecule has 2 rings (SSSR count). The summed E-state index contributed by atoms with van der Waals surface area (Å²) in [5.74, 6) is 1.36. The van der Waals surface area contributed by atoms with Gasteiger partial charge in [-0.25, -0.2) is 0 Å². The van der Waals surface area contributed by atoms with Gasteiger partial charge in [0.25, 0.3) is 5.69 Å². The molecule has 0 fully saturated rings. The van der Waals surface area contributed by atoms with E-state index in [-0.39, 0.29) is 11.7 Å². The Kier molecular flexibility index (Phi) is 4.37. The van der Waals surface area contributed by atoms with Crippen molar-refractivity contribution in [3.05, 3.63) is 58.5 Å². The van der Waals surface area contributed by atoms with Gasteiger partial charge in [0, 0.05) is 19.2 Å². The maximum absolute atomic E-state index is 10.6. The third-order valence-corrected chi connectivity index (χ3v) is 2.99. The number of hydrogen-bond acceptors (Lipinski definition) is 5. The lowest BCUT2D eigenvalue weighted by molar-refractivity contribution is -0.384. The molecule has 1 aromatic heterocycles. The zero-order chi connectivity index (χ0) is 14.5. The first-order valence-corrected chi connectivity index (χ1v) is 6.30. The molecule has 1 aromatic carbocycles. The molecule has 1 heterocycles. The lowest BCUT2D eigenvalue weighted by Gasteiger charge is -2.25. The zero-order valence-electron chi connectivity index (χ0n) is 11.4. The van der Waals surface area contributed by atoms with Crippen molar-refractivity contribution >= 4 is 5.69 Å². The molecule has 0 radical (unpaired) electrons. The molecule has 1 atom stereocenters. The summed E-state index contributed by atoms with van der Waals surface area (Å²) < 4.78 is 5.38. The summed E-state index contributed by atoms with van der Waals surface area (Å²) in [5, 5.41) is 12.3. The highest BCUT2D eigenvalue weighted by atomic mass is 16.7. The Bertz CT molecular complexity index is 551. The van der Waals surface area contributed by atoms with Crippen molar-refractivity contribution in [2.75, 3.05) is 7.05 Å². The number of benzene rings is 1. The Labute approximate surface area is 116 Å². The van der Waals surface area contributed by atoms with Crippen molar-refractivity contribution < 1.29 is 14.2 Å². The summed E-state index contributed by atoms with van der Waals surface area (Å²) in [6.45, 7) is 2.03. The molecule has 106 valence electrons. The highest BCUT2D eigenvalue weighted by Crippen LogP contribution is 2.25. The van der Waals surface area contributed by atoms with Crippen LogP contribution in [0.25, 0.3) is 0 Å². The minimum atomic E-state index is -0.439. The van der Waals surface area contributed by atoms with Crippen LogP contribution in [0.2, 0.25) is 0 Å². The van der Waals surface area contributed by atoms with Crippen LogP contribution in [0.4, 0.5) is 5.69 Å². The van der Waals surface area contributed by atoms with E-state index in [9.17, 15) is 10.1 Å². The predicted octanol–water partition coefficient (Wildman–Crippen LogP) is 3.56. The first kappa shape index (κ1) is 14.1. The minimum Gasteiger partial charge on any atom is -0.468 e. The Hall–Kier alpha value is -2.34. The van der Waals surface area contributed by atoms with Gasteiger partial charge in [0.05, 0.1) is 11.2 Å². The van der Waals surface area contributed by atoms with Crippen LogP contribution in [0.3, 0.4) is 0 Å². The molecule has 0 amide bonds. The Balaban J connectivity index is 2.06. The molecule has 6 nitrogen and oxygen atoms in total. The van der Waals surface area contributed by atoms with E-state index in [0.717, 1.165) is 12.2 Å². The highest BCUT2D eigenvalue weighted by molar-refractivity contribution is 5.35. The smallest absolute Gasteiger partial charge is 0.269 e. The molecule has 0 aliphatic rings. The number of nitro benzene ring substituents is 1. The van der Waals surface area contributed by atoms with Gasteiger partial charge in [-0.1, -0.05) is 6.92 Å². The summed E-state index contributed by atoms with van der Waals surface area (Å²) in [6.07, 6.45) is 2.44. The lowest BCUT2D eigenvalue weighted by atomic mass is 10.2. The molecule has 0 aliphatic heterocycles. The van der Waals surface area contributed by atoms with E-state index in [4.69, 9.17) is 9.25 Å². The van der Waals surface area contributed by atoms with Gasteiger partial charge in [0.15, 0.2) is 0 Å². The molecule has 0 bridgehead atoms. The van der Waals surface area contributed by atoms with E-state index in [0.29, 0.717) is 5.75 Å². The summed E-state index contributed by atoms with van der Waals surface area (Å²) in [5.41, 5.74) is 0.0399. The molecule has 0 N–H and O–H groups in total. The van der Waals surface area contributed by atoms with Crippen LogP contribution >= 0.6 is 0 Å². The van der Waals surface area contributed by atoms with Gasteiger partial charge in [0.1, 0.15) is 17.6 Å². The van der Waals surface area contributed by atoms with E-state index in [2.05, 4.69) is 0 Å². The maximum Gasteiger partial charge on any atom is 0.269 e. The van der Waals surface area contributed by atoms with E-state index in [1.165, 1.54) is 12.1 Å². The fourth-order valence-electron chi connectivity index (χ4n) is 1.98. The maximum atomic E-state index is 10.6. The number of nitrogens with zero attached hydrogens (tertiary/aromatic N) is 2. The number of furan rings is 1. The molecule has 0 aliphatic carbocycles. The van der Waals surface area contributed by atoms with Crippen molar-refractivity contribution in [3.8, 4) is 5.75 Å². The quantitative estimate of drug-likeness (QED) is 0.596. The van der Waals surface area contributed by atoms with Crippen molar-refractivity contribution in [1.29, 1.82) is 0 Å². The molecule has 6 heteroatoms. The Morgan fingerprint density at radius 3 is 2.55 bits per heavy atom. The average molecular weight is 276 g/mol. The first-order valence-electron chi connectivity index (χ1n) is 6.30.